The number of nitrogens with zero attached hydrogens (tertiary/aromatic N) is 1. The van der Waals surface area contributed by atoms with E-state index in [4.69, 9.17) is 23.2 Å². The van der Waals surface area contributed by atoms with E-state index < -0.39 is 0 Å². The molecule has 0 saturated carbocycles. The minimum absolute atomic E-state index is 0. The molecule has 0 aliphatic carbocycles. The monoisotopic (exact) mass is 330 g/mol. The second-order valence-corrected chi connectivity index (χ2v) is 4.97. The summed E-state index contributed by atoms with van der Waals surface area (Å²) in [6.07, 6.45) is 0. The Morgan fingerprint density at radius 2 is 1.78 bits per heavy atom. The van der Waals surface area contributed by atoms with Crippen molar-refractivity contribution in [3.8, 4) is 0 Å². The van der Waals surface area contributed by atoms with Crippen LogP contribution in [0.1, 0.15) is 18.5 Å². The van der Waals surface area contributed by atoms with Gasteiger partial charge in [-0.25, -0.2) is 0 Å². The summed E-state index contributed by atoms with van der Waals surface area (Å²) in [7, 11) is 0. The van der Waals surface area contributed by atoms with Crippen molar-refractivity contribution < 1.29 is 0 Å². The van der Waals surface area contributed by atoms with Crippen molar-refractivity contribution >= 4 is 48.0 Å². The van der Waals surface area contributed by atoms with Crippen LogP contribution in [0.2, 0.25) is 10.0 Å². The van der Waals surface area contributed by atoms with E-state index in [9.17, 15) is 0 Å². The predicted molar refractivity (Wildman–Crippen MR) is 83.8 cm³/mol. The van der Waals surface area contributed by atoms with Gasteiger partial charge >= 0.3 is 0 Å². The average Bonchev–Trinajstić information content (AvgIpc) is 2.32. The second-order valence-electron chi connectivity index (χ2n) is 4.13. The third-order valence-corrected chi connectivity index (χ3v) is 3.69. The normalized spacial score (nSPS) is 17.5. The molecule has 1 aliphatic heterocycles. The molecule has 1 aliphatic rings. The van der Waals surface area contributed by atoms with Crippen molar-refractivity contribution in [2.24, 2.45) is 0 Å². The number of hydrogen-bond acceptors (Lipinski definition) is 2. The lowest BCUT2D eigenvalue weighted by Crippen LogP contribution is -2.44. The van der Waals surface area contributed by atoms with Crippen LogP contribution in [-0.2, 0) is 0 Å². The number of piperazine rings is 1. The Bertz CT molecular complexity index is 367. The fourth-order valence-electron chi connectivity index (χ4n) is 2.10. The molecule has 1 heterocycles. The minimum atomic E-state index is 0. The molecule has 0 aromatic heterocycles. The van der Waals surface area contributed by atoms with Crippen LogP contribution < -0.4 is 5.32 Å². The van der Waals surface area contributed by atoms with E-state index in [0.717, 1.165) is 41.8 Å². The van der Waals surface area contributed by atoms with Gasteiger partial charge in [0.1, 0.15) is 0 Å². The van der Waals surface area contributed by atoms with E-state index in [-0.39, 0.29) is 24.8 Å². The zero-order valence-corrected chi connectivity index (χ0v) is 13.3. The molecular formula is C12H18Cl4N2. The Kier molecular flexibility index (Phi) is 8.61. The SMILES string of the molecule is C[C@H](c1cc(Cl)ccc1Cl)N1CCNCC1.Cl.Cl. The zero-order valence-electron chi connectivity index (χ0n) is 10.2. The Morgan fingerprint density at radius 1 is 1.17 bits per heavy atom. The summed E-state index contributed by atoms with van der Waals surface area (Å²) in [5, 5.41) is 4.90. The number of benzene rings is 1. The summed E-state index contributed by atoms with van der Waals surface area (Å²) >= 11 is 12.2. The maximum atomic E-state index is 6.21. The van der Waals surface area contributed by atoms with Crippen LogP contribution in [0.5, 0.6) is 0 Å². The third kappa shape index (κ3) is 4.44. The maximum Gasteiger partial charge on any atom is 0.0454 e. The van der Waals surface area contributed by atoms with Gasteiger partial charge in [0.2, 0.25) is 0 Å². The van der Waals surface area contributed by atoms with Crippen LogP contribution in [-0.4, -0.2) is 31.1 Å². The van der Waals surface area contributed by atoms with Gasteiger partial charge in [0.15, 0.2) is 0 Å². The third-order valence-electron chi connectivity index (χ3n) is 3.11. The Labute approximate surface area is 131 Å². The van der Waals surface area contributed by atoms with E-state index in [1.54, 1.807) is 0 Å². The van der Waals surface area contributed by atoms with Crippen LogP contribution in [0.3, 0.4) is 0 Å². The highest BCUT2D eigenvalue weighted by Crippen LogP contribution is 2.29. The summed E-state index contributed by atoms with van der Waals surface area (Å²) in [6, 6.07) is 6.00. The minimum Gasteiger partial charge on any atom is -0.314 e. The van der Waals surface area contributed by atoms with Gasteiger partial charge in [0.25, 0.3) is 0 Å². The van der Waals surface area contributed by atoms with Crippen molar-refractivity contribution in [3.05, 3.63) is 33.8 Å². The van der Waals surface area contributed by atoms with Gasteiger partial charge in [-0.3, -0.25) is 4.90 Å². The van der Waals surface area contributed by atoms with E-state index in [1.165, 1.54) is 0 Å². The van der Waals surface area contributed by atoms with Crippen LogP contribution in [0, 0.1) is 0 Å². The van der Waals surface area contributed by atoms with Crippen LogP contribution in [0.25, 0.3) is 0 Å². The highest BCUT2D eigenvalue weighted by atomic mass is 35.5. The van der Waals surface area contributed by atoms with E-state index in [1.807, 2.05) is 18.2 Å². The molecule has 18 heavy (non-hydrogen) atoms. The van der Waals surface area contributed by atoms with Crippen molar-refractivity contribution in [1.29, 1.82) is 0 Å². The summed E-state index contributed by atoms with van der Waals surface area (Å²) in [5.41, 5.74) is 1.12. The number of halogens is 4. The summed E-state index contributed by atoms with van der Waals surface area (Å²) < 4.78 is 0. The number of rotatable bonds is 2. The van der Waals surface area contributed by atoms with Crippen LogP contribution in [0.15, 0.2) is 18.2 Å². The van der Waals surface area contributed by atoms with Gasteiger partial charge in [-0.05, 0) is 30.7 Å². The Balaban J connectivity index is 0.00000144. The average molecular weight is 332 g/mol. The fourth-order valence-corrected chi connectivity index (χ4v) is 2.56. The van der Waals surface area contributed by atoms with Gasteiger partial charge in [0, 0.05) is 42.3 Å². The van der Waals surface area contributed by atoms with Crippen molar-refractivity contribution in [2.45, 2.75) is 13.0 Å². The summed E-state index contributed by atoms with van der Waals surface area (Å²) in [4.78, 5) is 2.42. The molecule has 1 atom stereocenters. The summed E-state index contributed by atoms with van der Waals surface area (Å²) in [5.74, 6) is 0. The molecule has 0 spiro atoms. The first kappa shape index (κ1) is 18.3. The largest absolute Gasteiger partial charge is 0.314 e. The zero-order chi connectivity index (χ0) is 11.5. The first-order chi connectivity index (χ1) is 7.68. The summed E-state index contributed by atoms with van der Waals surface area (Å²) in [6.45, 7) is 6.39. The molecule has 2 rings (SSSR count). The van der Waals surface area contributed by atoms with Crippen molar-refractivity contribution in [1.82, 2.24) is 10.2 Å². The lowest BCUT2D eigenvalue weighted by Gasteiger charge is -2.33. The molecule has 104 valence electrons. The number of hydrogen-bond donors (Lipinski definition) is 1. The van der Waals surface area contributed by atoms with Gasteiger partial charge < -0.3 is 5.32 Å². The smallest absolute Gasteiger partial charge is 0.0454 e. The van der Waals surface area contributed by atoms with Crippen LogP contribution >= 0.6 is 48.0 Å². The topological polar surface area (TPSA) is 15.3 Å². The second kappa shape index (κ2) is 8.47. The molecule has 6 heteroatoms. The van der Waals surface area contributed by atoms with Crippen LogP contribution in [0.4, 0.5) is 0 Å². The Morgan fingerprint density at radius 3 is 2.39 bits per heavy atom. The maximum absolute atomic E-state index is 6.21. The molecular weight excluding hydrogens is 314 g/mol. The van der Waals surface area contributed by atoms with Gasteiger partial charge in [0.05, 0.1) is 0 Å². The molecule has 2 nitrogen and oxygen atoms in total. The van der Waals surface area contributed by atoms with E-state index >= 15 is 0 Å². The molecule has 1 fully saturated rings. The van der Waals surface area contributed by atoms with Crippen molar-refractivity contribution in [2.75, 3.05) is 26.2 Å². The lowest BCUT2D eigenvalue weighted by molar-refractivity contribution is 0.185. The molecule has 1 aromatic rings. The molecule has 0 amide bonds. The quantitative estimate of drug-likeness (QED) is 0.886. The first-order valence-electron chi connectivity index (χ1n) is 5.58. The number of nitrogens with one attached hydrogen (secondary N) is 1. The van der Waals surface area contributed by atoms with Gasteiger partial charge in [-0.1, -0.05) is 23.2 Å². The molecule has 0 unspecified atom stereocenters. The molecule has 1 N–H and O–H groups in total. The van der Waals surface area contributed by atoms with Crippen molar-refractivity contribution in [3.63, 3.8) is 0 Å². The Hall–Kier alpha value is 0.300. The molecule has 1 aromatic carbocycles. The van der Waals surface area contributed by atoms with Gasteiger partial charge in [-0.2, -0.15) is 0 Å². The molecule has 0 radical (unpaired) electrons. The van der Waals surface area contributed by atoms with Gasteiger partial charge in [-0.15, -0.1) is 24.8 Å². The molecule has 0 bridgehead atoms. The highest BCUT2D eigenvalue weighted by molar-refractivity contribution is 6.33. The molecule has 1 saturated heterocycles. The first-order valence-corrected chi connectivity index (χ1v) is 6.34. The van der Waals surface area contributed by atoms with E-state index in [2.05, 4.69) is 17.1 Å². The fraction of sp³-hybridized carbons (Fsp3) is 0.500. The standard InChI is InChI=1S/C12H16Cl2N2.2ClH/c1-9(16-6-4-15-5-7-16)11-8-10(13)2-3-12(11)14;;/h2-3,8-9,15H,4-7H2,1H3;2*1H/t9-;;/m1../s1. The predicted octanol–water partition coefficient (Wildman–Crippen LogP) is 3.80. The van der Waals surface area contributed by atoms with E-state index in [0.29, 0.717) is 6.04 Å². The highest BCUT2D eigenvalue weighted by Gasteiger charge is 2.19. The lowest BCUT2D eigenvalue weighted by atomic mass is 10.1.